The maximum Gasteiger partial charge on any atom is 0.179 e. The smallest absolute Gasteiger partial charge is 0.179 e. The second-order valence-electron chi connectivity index (χ2n) is 7.13. The van der Waals surface area contributed by atoms with Gasteiger partial charge in [0.2, 0.25) is 0 Å². The van der Waals surface area contributed by atoms with Crippen LogP contribution in [0.3, 0.4) is 0 Å². The molecule has 0 aromatic heterocycles. The Balaban J connectivity index is 1.82. The second-order valence-corrected chi connectivity index (χ2v) is 9.11. The van der Waals surface area contributed by atoms with E-state index >= 15 is 0 Å². The van der Waals surface area contributed by atoms with Gasteiger partial charge in [-0.2, -0.15) is 0 Å². The monoisotopic (exact) mass is 337 g/mol. The lowest BCUT2D eigenvalue weighted by molar-refractivity contribution is 0.149. The Labute approximate surface area is 139 Å². The minimum Gasteiger partial charge on any atom is -0.495 e. The van der Waals surface area contributed by atoms with Crippen LogP contribution in [0, 0.1) is 5.92 Å². The Morgan fingerprint density at radius 1 is 1.26 bits per heavy atom. The molecule has 0 radical (unpaired) electrons. The highest BCUT2D eigenvalue weighted by Gasteiger charge is 2.39. The van der Waals surface area contributed by atoms with Crippen molar-refractivity contribution in [1.29, 1.82) is 0 Å². The Bertz CT molecular complexity index is 671. The van der Waals surface area contributed by atoms with Gasteiger partial charge in [-0.05, 0) is 49.8 Å². The molecule has 0 spiro atoms. The average molecular weight is 337 g/mol. The van der Waals surface area contributed by atoms with Crippen molar-refractivity contribution >= 4 is 9.84 Å². The first-order valence-corrected chi connectivity index (χ1v) is 10.4. The molecule has 2 fully saturated rings. The zero-order valence-corrected chi connectivity index (χ0v) is 15.1. The van der Waals surface area contributed by atoms with E-state index in [-0.39, 0.29) is 4.90 Å². The van der Waals surface area contributed by atoms with Crippen LogP contribution in [0.4, 0.5) is 0 Å². The van der Waals surface area contributed by atoms with E-state index in [1.54, 1.807) is 6.07 Å². The van der Waals surface area contributed by atoms with E-state index < -0.39 is 9.84 Å². The normalized spacial score (nSPS) is 28.6. The Kier molecular flexibility index (Phi) is 4.70. The molecule has 1 saturated carbocycles. The summed E-state index contributed by atoms with van der Waals surface area (Å²) < 4.78 is 28.9. The fourth-order valence-electron chi connectivity index (χ4n) is 4.40. The van der Waals surface area contributed by atoms with Crippen molar-refractivity contribution < 1.29 is 13.2 Å². The Morgan fingerprint density at radius 3 is 2.70 bits per heavy atom. The number of likely N-dealkylation sites (tertiary alicyclic amines) is 1. The van der Waals surface area contributed by atoms with Gasteiger partial charge in [0.15, 0.2) is 9.84 Å². The number of nitrogens with zero attached hydrogens (tertiary/aromatic N) is 1. The van der Waals surface area contributed by atoms with Gasteiger partial charge in [-0.1, -0.05) is 18.9 Å². The number of hydrogen-bond acceptors (Lipinski definition) is 4. The van der Waals surface area contributed by atoms with Crippen LogP contribution in [0.5, 0.6) is 5.75 Å². The summed E-state index contributed by atoms with van der Waals surface area (Å²) in [5, 5.41) is 0. The third-order valence-electron chi connectivity index (χ3n) is 5.50. The van der Waals surface area contributed by atoms with Gasteiger partial charge in [-0.25, -0.2) is 8.42 Å². The van der Waals surface area contributed by atoms with Crippen LogP contribution in [-0.2, 0) is 16.4 Å². The van der Waals surface area contributed by atoms with Crippen LogP contribution in [-0.4, -0.2) is 38.8 Å². The number of benzene rings is 1. The number of sulfone groups is 1. The molecular weight excluding hydrogens is 310 g/mol. The van der Waals surface area contributed by atoms with Gasteiger partial charge < -0.3 is 4.74 Å². The van der Waals surface area contributed by atoms with E-state index in [0.717, 1.165) is 18.0 Å². The third kappa shape index (κ3) is 3.41. The van der Waals surface area contributed by atoms with E-state index in [1.807, 2.05) is 12.1 Å². The summed E-state index contributed by atoms with van der Waals surface area (Å²) in [4.78, 5) is 2.88. The molecule has 3 atom stereocenters. The maximum atomic E-state index is 11.8. The standard InChI is InChI=1S/C18H27NO3S/c1-13-10-15-6-4-5-7-16(15)19(13)12-14-8-9-18(23(3,20)21)17(11-14)22-2/h8-9,11,13,15-16H,4-7,10,12H2,1-3H3/t13-,15-,16+/m1/s1. The van der Waals surface area contributed by atoms with Crippen molar-refractivity contribution in [3.63, 3.8) is 0 Å². The summed E-state index contributed by atoms with van der Waals surface area (Å²) in [6.45, 7) is 3.20. The predicted octanol–water partition coefficient (Wildman–Crippen LogP) is 3.25. The van der Waals surface area contributed by atoms with Crippen LogP contribution < -0.4 is 4.74 Å². The summed E-state index contributed by atoms with van der Waals surface area (Å²) >= 11 is 0. The van der Waals surface area contributed by atoms with Crippen molar-refractivity contribution in [1.82, 2.24) is 4.90 Å². The minimum atomic E-state index is -3.26. The molecule has 1 aromatic carbocycles. The topological polar surface area (TPSA) is 46.6 Å². The van der Waals surface area contributed by atoms with Gasteiger partial charge in [0.05, 0.1) is 7.11 Å². The SMILES string of the molecule is COc1cc(CN2[C@H](C)C[C@H]3CCCC[C@@H]32)ccc1S(C)(=O)=O. The number of methoxy groups -OCH3 is 1. The van der Waals surface area contributed by atoms with E-state index in [1.165, 1.54) is 45.5 Å². The minimum absolute atomic E-state index is 0.272. The third-order valence-corrected chi connectivity index (χ3v) is 6.63. The van der Waals surface area contributed by atoms with Crippen molar-refractivity contribution in [2.45, 2.75) is 62.6 Å². The molecule has 1 saturated heterocycles. The van der Waals surface area contributed by atoms with E-state index in [9.17, 15) is 8.42 Å². The summed E-state index contributed by atoms with van der Waals surface area (Å²) in [7, 11) is -1.73. The van der Waals surface area contributed by atoms with Gasteiger partial charge >= 0.3 is 0 Å². The van der Waals surface area contributed by atoms with Crippen molar-refractivity contribution in [3.05, 3.63) is 23.8 Å². The number of ether oxygens (including phenoxy) is 1. The summed E-state index contributed by atoms with van der Waals surface area (Å²) in [5.74, 6) is 1.30. The zero-order chi connectivity index (χ0) is 16.6. The van der Waals surface area contributed by atoms with Crippen molar-refractivity contribution in [2.75, 3.05) is 13.4 Å². The quantitative estimate of drug-likeness (QED) is 0.846. The molecule has 5 heteroatoms. The molecule has 0 bridgehead atoms. The Hall–Kier alpha value is -1.07. The maximum absolute atomic E-state index is 11.8. The van der Waals surface area contributed by atoms with Crippen LogP contribution in [0.15, 0.2) is 23.1 Å². The van der Waals surface area contributed by atoms with E-state index in [2.05, 4.69) is 11.8 Å². The lowest BCUT2D eigenvalue weighted by Gasteiger charge is -2.33. The highest BCUT2D eigenvalue weighted by molar-refractivity contribution is 7.90. The molecular formula is C18H27NO3S. The number of fused-ring (bicyclic) bond motifs is 1. The zero-order valence-electron chi connectivity index (χ0n) is 14.3. The van der Waals surface area contributed by atoms with Gasteiger partial charge in [0.1, 0.15) is 10.6 Å². The molecule has 1 aromatic rings. The highest BCUT2D eigenvalue weighted by atomic mass is 32.2. The first kappa shape index (κ1) is 16.8. The molecule has 0 N–H and O–H groups in total. The number of hydrogen-bond donors (Lipinski definition) is 0. The molecule has 2 aliphatic rings. The lowest BCUT2D eigenvalue weighted by atomic mass is 9.85. The summed E-state index contributed by atoms with van der Waals surface area (Å²) in [6.07, 6.45) is 7.89. The average Bonchev–Trinajstić information content (AvgIpc) is 2.82. The van der Waals surface area contributed by atoms with Crippen LogP contribution in [0.2, 0.25) is 0 Å². The van der Waals surface area contributed by atoms with Gasteiger partial charge in [-0.15, -0.1) is 0 Å². The molecule has 1 aliphatic heterocycles. The van der Waals surface area contributed by atoms with Crippen LogP contribution in [0.1, 0.15) is 44.6 Å². The van der Waals surface area contributed by atoms with Crippen molar-refractivity contribution in [2.24, 2.45) is 5.92 Å². The molecule has 1 heterocycles. The molecule has 3 rings (SSSR count). The van der Waals surface area contributed by atoms with Crippen LogP contribution in [0.25, 0.3) is 0 Å². The van der Waals surface area contributed by atoms with Crippen molar-refractivity contribution in [3.8, 4) is 5.75 Å². The molecule has 1 aliphatic carbocycles. The molecule has 0 amide bonds. The summed E-state index contributed by atoms with van der Waals surface area (Å²) in [6, 6.07) is 6.80. The van der Waals surface area contributed by atoms with E-state index in [0.29, 0.717) is 17.8 Å². The Morgan fingerprint density at radius 2 is 2.00 bits per heavy atom. The number of rotatable bonds is 4. The first-order valence-electron chi connectivity index (χ1n) is 8.53. The first-order chi connectivity index (χ1) is 10.9. The summed E-state index contributed by atoms with van der Waals surface area (Å²) in [5.41, 5.74) is 1.13. The second kappa shape index (κ2) is 6.44. The van der Waals surface area contributed by atoms with Gasteiger partial charge in [-0.3, -0.25) is 4.90 Å². The predicted molar refractivity (Wildman–Crippen MR) is 91.5 cm³/mol. The molecule has 0 unspecified atom stereocenters. The van der Waals surface area contributed by atoms with Gasteiger partial charge in [0, 0.05) is 24.9 Å². The fourth-order valence-corrected chi connectivity index (χ4v) is 5.22. The fraction of sp³-hybridized carbons (Fsp3) is 0.667. The van der Waals surface area contributed by atoms with Gasteiger partial charge in [0.25, 0.3) is 0 Å². The lowest BCUT2D eigenvalue weighted by Crippen LogP contribution is -2.37. The largest absolute Gasteiger partial charge is 0.495 e. The molecule has 4 nitrogen and oxygen atoms in total. The molecule has 23 heavy (non-hydrogen) atoms. The molecule has 128 valence electrons. The highest BCUT2D eigenvalue weighted by Crippen LogP contribution is 2.40. The van der Waals surface area contributed by atoms with Crippen LogP contribution >= 0.6 is 0 Å². The van der Waals surface area contributed by atoms with E-state index in [4.69, 9.17) is 4.74 Å².